The Hall–Kier alpha value is -1.75. The van der Waals surface area contributed by atoms with E-state index < -0.39 is 5.41 Å². The summed E-state index contributed by atoms with van der Waals surface area (Å²) >= 11 is 5.89. The summed E-state index contributed by atoms with van der Waals surface area (Å²) in [5.41, 5.74) is 0.631. The third kappa shape index (κ3) is 5.22. The number of hydrogen-bond donors (Lipinski definition) is 2. The third-order valence-corrected chi connectivity index (χ3v) is 3.69. The Morgan fingerprint density at radius 1 is 1.32 bits per heavy atom. The van der Waals surface area contributed by atoms with Crippen LogP contribution in [-0.4, -0.2) is 44.5 Å². The van der Waals surface area contributed by atoms with Gasteiger partial charge in [0.15, 0.2) is 5.96 Å². The van der Waals surface area contributed by atoms with Crippen molar-refractivity contribution in [3.8, 4) is 0 Å². The summed E-state index contributed by atoms with van der Waals surface area (Å²) in [5, 5.41) is 6.65. The van der Waals surface area contributed by atoms with E-state index in [1.54, 1.807) is 14.1 Å². The van der Waals surface area contributed by atoms with Crippen LogP contribution in [0.25, 0.3) is 0 Å². The summed E-state index contributed by atoms with van der Waals surface area (Å²) < 4.78 is 0. The standard InChI is InChI=1S/C16H25ClN4O/c1-16(2,14(22)18-3)11-20-15(19-4)21(5)10-12-6-8-13(17)9-7-12/h6-9H,10-11H2,1-5H3,(H,18,22)(H,19,20). The number of nitrogens with zero attached hydrogens (tertiary/aromatic N) is 2. The summed E-state index contributed by atoms with van der Waals surface area (Å²) in [6.07, 6.45) is 0. The maximum absolute atomic E-state index is 11.8. The lowest BCUT2D eigenvalue weighted by Gasteiger charge is -2.27. The molecule has 0 aromatic heterocycles. The molecule has 0 fully saturated rings. The highest BCUT2D eigenvalue weighted by atomic mass is 35.5. The number of amides is 1. The molecular formula is C16H25ClN4O. The van der Waals surface area contributed by atoms with E-state index in [1.165, 1.54) is 0 Å². The first kappa shape index (κ1) is 18.3. The fourth-order valence-electron chi connectivity index (χ4n) is 2.04. The predicted molar refractivity (Wildman–Crippen MR) is 92.1 cm³/mol. The van der Waals surface area contributed by atoms with Gasteiger partial charge in [-0.3, -0.25) is 9.79 Å². The average Bonchev–Trinajstić information content (AvgIpc) is 2.49. The zero-order valence-corrected chi connectivity index (χ0v) is 14.7. The minimum Gasteiger partial charge on any atom is -0.359 e. The van der Waals surface area contributed by atoms with Gasteiger partial charge in [0.25, 0.3) is 0 Å². The van der Waals surface area contributed by atoms with Crippen LogP contribution in [0.2, 0.25) is 5.02 Å². The minimum atomic E-state index is -0.508. The molecule has 0 aliphatic carbocycles. The fourth-order valence-corrected chi connectivity index (χ4v) is 2.17. The molecule has 1 aromatic rings. The Kier molecular flexibility index (Phi) is 6.68. The summed E-state index contributed by atoms with van der Waals surface area (Å²) in [6.45, 7) is 5.00. The van der Waals surface area contributed by atoms with E-state index in [0.29, 0.717) is 13.1 Å². The molecule has 0 aliphatic rings. The van der Waals surface area contributed by atoms with E-state index in [-0.39, 0.29) is 5.91 Å². The summed E-state index contributed by atoms with van der Waals surface area (Å²) in [6, 6.07) is 7.71. The van der Waals surface area contributed by atoms with Crippen molar-refractivity contribution in [3.63, 3.8) is 0 Å². The Morgan fingerprint density at radius 3 is 2.41 bits per heavy atom. The molecule has 1 amide bonds. The van der Waals surface area contributed by atoms with Crippen molar-refractivity contribution in [3.05, 3.63) is 34.9 Å². The second kappa shape index (κ2) is 8.03. The maximum Gasteiger partial charge on any atom is 0.227 e. The first-order valence-electron chi connectivity index (χ1n) is 7.18. The number of rotatable bonds is 5. The number of guanidine groups is 1. The average molecular weight is 325 g/mol. The van der Waals surface area contributed by atoms with Crippen LogP contribution in [0.4, 0.5) is 0 Å². The van der Waals surface area contributed by atoms with Gasteiger partial charge in [-0.15, -0.1) is 0 Å². The molecule has 0 aliphatic heterocycles. The maximum atomic E-state index is 11.8. The smallest absolute Gasteiger partial charge is 0.227 e. The Labute approximate surface area is 137 Å². The molecule has 0 bridgehead atoms. The van der Waals surface area contributed by atoms with E-state index in [0.717, 1.165) is 16.5 Å². The van der Waals surface area contributed by atoms with Gasteiger partial charge in [0.2, 0.25) is 5.91 Å². The SMILES string of the molecule is CN=C(NCC(C)(C)C(=O)NC)N(C)Cc1ccc(Cl)cc1. The summed E-state index contributed by atoms with van der Waals surface area (Å²) in [5.74, 6) is 0.739. The third-order valence-electron chi connectivity index (χ3n) is 3.44. The van der Waals surface area contributed by atoms with E-state index in [2.05, 4.69) is 15.6 Å². The van der Waals surface area contributed by atoms with Crippen molar-refractivity contribution in [1.29, 1.82) is 0 Å². The molecule has 0 saturated carbocycles. The molecule has 0 atom stereocenters. The second-order valence-corrected chi connectivity index (χ2v) is 6.28. The van der Waals surface area contributed by atoms with Crippen LogP contribution in [0.1, 0.15) is 19.4 Å². The van der Waals surface area contributed by atoms with Crippen molar-refractivity contribution in [1.82, 2.24) is 15.5 Å². The highest BCUT2D eigenvalue weighted by molar-refractivity contribution is 6.30. The summed E-state index contributed by atoms with van der Waals surface area (Å²) in [7, 11) is 5.33. The molecule has 22 heavy (non-hydrogen) atoms. The van der Waals surface area contributed by atoms with Crippen molar-refractivity contribution < 1.29 is 4.79 Å². The molecule has 1 rings (SSSR count). The number of carbonyl (C=O) groups is 1. The predicted octanol–water partition coefficient (Wildman–Crippen LogP) is 2.12. The Morgan fingerprint density at radius 2 is 1.91 bits per heavy atom. The molecule has 0 heterocycles. The number of benzene rings is 1. The van der Waals surface area contributed by atoms with Crippen LogP contribution in [0.3, 0.4) is 0 Å². The lowest BCUT2D eigenvalue weighted by molar-refractivity contribution is -0.128. The van der Waals surface area contributed by atoms with Crippen LogP contribution in [0.5, 0.6) is 0 Å². The first-order valence-corrected chi connectivity index (χ1v) is 7.56. The van der Waals surface area contributed by atoms with Gasteiger partial charge in [-0.25, -0.2) is 0 Å². The lowest BCUT2D eigenvalue weighted by atomic mass is 9.92. The molecule has 1 aromatic carbocycles. The highest BCUT2D eigenvalue weighted by Crippen LogP contribution is 2.14. The number of aliphatic imine (C=N–C) groups is 1. The molecule has 0 saturated heterocycles. The zero-order chi connectivity index (χ0) is 16.8. The zero-order valence-electron chi connectivity index (χ0n) is 13.9. The van der Waals surface area contributed by atoms with Crippen molar-refractivity contribution in [2.45, 2.75) is 20.4 Å². The van der Waals surface area contributed by atoms with Gasteiger partial charge in [-0.1, -0.05) is 23.7 Å². The quantitative estimate of drug-likeness (QED) is 0.644. The van der Waals surface area contributed by atoms with Crippen LogP contribution in [-0.2, 0) is 11.3 Å². The Balaban J connectivity index is 2.64. The van der Waals surface area contributed by atoms with Crippen LogP contribution >= 0.6 is 11.6 Å². The number of hydrogen-bond acceptors (Lipinski definition) is 2. The summed E-state index contributed by atoms with van der Waals surface area (Å²) in [4.78, 5) is 18.1. The highest BCUT2D eigenvalue weighted by Gasteiger charge is 2.27. The monoisotopic (exact) mass is 324 g/mol. The molecule has 5 nitrogen and oxygen atoms in total. The van der Waals surface area contributed by atoms with Crippen molar-refractivity contribution in [2.75, 3.05) is 27.7 Å². The van der Waals surface area contributed by atoms with Gasteiger partial charge >= 0.3 is 0 Å². The molecule has 0 spiro atoms. The van der Waals surface area contributed by atoms with Crippen LogP contribution in [0, 0.1) is 5.41 Å². The molecule has 0 radical (unpaired) electrons. The molecule has 0 unspecified atom stereocenters. The Bertz CT molecular complexity index is 525. The van der Waals surface area contributed by atoms with Gasteiger partial charge in [0.05, 0.1) is 5.41 Å². The van der Waals surface area contributed by atoms with Gasteiger partial charge in [0, 0.05) is 39.3 Å². The normalized spacial score (nSPS) is 12.0. The van der Waals surface area contributed by atoms with Crippen LogP contribution in [0.15, 0.2) is 29.3 Å². The number of nitrogens with one attached hydrogen (secondary N) is 2. The number of carbonyl (C=O) groups excluding carboxylic acids is 1. The van der Waals surface area contributed by atoms with Crippen LogP contribution < -0.4 is 10.6 Å². The van der Waals surface area contributed by atoms with Gasteiger partial charge in [-0.2, -0.15) is 0 Å². The van der Waals surface area contributed by atoms with E-state index in [4.69, 9.17) is 11.6 Å². The minimum absolute atomic E-state index is 0.00388. The molecule has 122 valence electrons. The van der Waals surface area contributed by atoms with E-state index >= 15 is 0 Å². The fraction of sp³-hybridized carbons (Fsp3) is 0.500. The van der Waals surface area contributed by atoms with Crippen molar-refractivity contribution in [2.24, 2.45) is 10.4 Å². The number of halogens is 1. The largest absolute Gasteiger partial charge is 0.359 e. The lowest BCUT2D eigenvalue weighted by Crippen LogP contribution is -2.47. The van der Waals surface area contributed by atoms with Crippen molar-refractivity contribution >= 4 is 23.5 Å². The molecule has 6 heteroatoms. The van der Waals surface area contributed by atoms with Gasteiger partial charge < -0.3 is 15.5 Å². The first-order chi connectivity index (χ1) is 10.3. The van der Waals surface area contributed by atoms with E-state index in [1.807, 2.05) is 50.1 Å². The molecule has 2 N–H and O–H groups in total. The van der Waals surface area contributed by atoms with Gasteiger partial charge in [0.1, 0.15) is 0 Å². The van der Waals surface area contributed by atoms with E-state index in [9.17, 15) is 4.79 Å². The van der Waals surface area contributed by atoms with Gasteiger partial charge in [-0.05, 0) is 31.5 Å². The topological polar surface area (TPSA) is 56.7 Å². The molecular weight excluding hydrogens is 300 g/mol. The second-order valence-electron chi connectivity index (χ2n) is 5.85.